The molecule has 9 nitrogen and oxygen atoms in total. The van der Waals surface area contributed by atoms with Crippen LogP contribution in [0.15, 0.2) is 48.8 Å². The summed E-state index contributed by atoms with van der Waals surface area (Å²) in [5.74, 6) is 0.988. The van der Waals surface area contributed by atoms with Gasteiger partial charge in [-0.15, -0.1) is 0 Å². The second-order valence-electron chi connectivity index (χ2n) is 6.20. The van der Waals surface area contributed by atoms with Crippen LogP contribution in [0.5, 0.6) is 11.5 Å². The summed E-state index contributed by atoms with van der Waals surface area (Å²) >= 11 is 0. The van der Waals surface area contributed by atoms with Gasteiger partial charge in [-0.25, -0.2) is 0 Å². The fraction of sp³-hybridized carbons (Fsp3) is 0.455. The Morgan fingerprint density at radius 1 is 0.677 bits per heavy atom. The Bertz CT molecular complexity index is 694. The molecule has 0 aliphatic carbocycles. The minimum atomic E-state index is -0.442. The van der Waals surface area contributed by atoms with E-state index in [2.05, 4.69) is 4.98 Å². The molecule has 170 valence electrons. The molecule has 1 aromatic carbocycles. The Morgan fingerprint density at radius 2 is 1.13 bits per heavy atom. The third kappa shape index (κ3) is 11.3. The number of benzene rings is 1. The molecule has 9 heteroatoms. The normalized spacial score (nSPS) is 16.6. The van der Waals surface area contributed by atoms with Crippen LogP contribution in [0.25, 0.3) is 0 Å². The molecule has 1 amide bonds. The van der Waals surface area contributed by atoms with E-state index in [0.29, 0.717) is 83.1 Å². The predicted molar refractivity (Wildman–Crippen MR) is 113 cm³/mol. The molecular formula is C22H30N2O7. The van der Waals surface area contributed by atoms with Crippen molar-refractivity contribution < 1.29 is 33.2 Å². The summed E-state index contributed by atoms with van der Waals surface area (Å²) < 4.78 is 33.0. The number of pyridine rings is 1. The number of rotatable bonds is 1. The number of carbonyl (C=O) groups excluding carboxylic acids is 1. The molecule has 1 aromatic heterocycles. The molecule has 2 heterocycles. The summed E-state index contributed by atoms with van der Waals surface area (Å²) in [7, 11) is 0. The molecule has 3 rings (SSSR count). The smallest absolute Gasteiger partial charge is 0.250 e. The first-order chi connectivity index (χ1) is 15.3. The number of ether oxygens (including phenoxy) is 6. The zero-order valence-electron chi connectivity index (χ0n) is 17.6. The third-order valence-corrected chi connectivity index (χ3v) is 3.88. The Hall–Kier alpha value is -2.72. The second kappa shape index (κ2) is 16.0. The van der Waals surface area contributed by atoms with E-state index >= 15 is 0 Å². The summed E-state index contributed by atoms with van der Waals surface area (Å²) in [4.78, 5) is 14.1. The summed E-state index contributed by atoms with van der Waals surface area (Å²) in [6, 6.07) is 10.9. The average Bonchev–Trinajstić information content (AvgIpc) is 2.80. The number of aromatic nitrogens is 1. The van der Waals surface area contributed by atoms with Crippen molar-refractivity contribution in [3.05, 3.63) is 54.4 Å². The molecule has 2 aromatic rings. The Balaban J connectivity index is 0.000000316. The number of carbonyl (C=O) groups is 1. The van der Waals surface area contributed by atoms with Crippen molar-refractivity contribution >= 4 is 5.91 Å². The molecule has 0 atom stereocenters. The standard InChI is InChI=1S/C16H24O6.C6H6N2O/c1-2-4-16-15(3-1)21-13-11-19-9-7-17-5-6-18-8-10-20-12-14-22-16;7-6(9)5-2-1-3-8-4-5/h1-4H,5-14H2;1-4H,(H2,7,9). The van der Waals surface area contributed by atoms with Gasteiger partial charge in [0.25, 0.3) is 0 Å². The van der Waals surface area contributed by atoms with E-state index in [1.807, 2.05) is 24.3 Å². The fourth-order valence-corrected chi connectivity index (χ4v) is 2.38. The molecule has 0 bridgehead atoms. The summed E-state index contributed by atoms with van der Waals surface area (Å²) in [5, 5.41) is 0. The number of amides is 1. The number of primary amides is 1. The van der Waals surface area contributed by atoms with Crippen LogP contribution in [-0.4, -0.2) is 77.0 Å². The highest BCUT2D eigenvalue weighted by Crippen LogP contribution is 2.26. The number of nitrogens with two attached hydrogens (primary N) is 1. The van der Waals surface area contributed by atoms with Gasteiger partial charge in [-0.2, -0.15) is 0 Å². The fourth-order valence-electron chi connectivity index (χ4n) is 2.38. The molecule has 31 heavy (non-hydrogen) atoms. The van der Waals surface area contributed by atoms with Crippen LogP contribution in [0, 0.1) is 0 Å². The van der Waals surface area contributed by atoms with Crippen LogP contribution < -0.4 is 15.2 Å². The van der Waals surface area contributed by atoms with Crippen molar-refractivity contribution in [2.24, 2.45) is 5.73 Å². The number of para-hydroxylation sites is 2. The van der Waals surface area contributed by atoms with Crippen molar-refractivity contribution in [3.8, 4) is 11.5 Å². The lowest BCUT2D eigenvalue weighted by atomic mass is 10.3. The first kappa shape index (κ1) is 24.5. The van der Waals surface area contributed by atoms with Crippen molar-refractivity contribution in [2.75, 3.05) is 66.1 Å². The lowest BCUT2D eigenvalue weighted by molar-refractivity contribution is -0.00841. The van der Waals surface area contributed by atoms with Gasteiger partial charge in [-0.05, 0) is 24.3 Å². The van der Waals surface area contributed by atoms with Gasteiger partial charge in [0.15, 0.2) is 11.5 Å². The molecule has 0 fully saturated rings. The summed E-state index contributed by atoms with van der Waals surface area (Å²) in [5.41, 5.74) is 5.38. The molecule has 0 saturated heterocycles. The van der Waals surface area contributed by atoms with E-state index < -0.39 is 5.91 Å². The monoisotopic (exact) mass is 434 g/mol. The topological polar surface area (TPSA) is 111 Å². The highest BCUT2D eigenvalue weighted by atomic mass is 16.6. The van der Waals surface area contributed by atoms with Crippen LogP contribution in [0.1, 0.15) is 10.4 Å². The zero-order chi connectivity index (χ0) is 22.0. The molecule has 0 radical (unpaired) electrons. The number of fused-ring (bicyclic) bond motifs is 1. The van der Waals surface area contributed by atoms with Crippen LogP contribution >= 0.6 is 0 Å². The Morgan fingerprint density at radius 3 is 1.48 bits per heavy atom. The first-order valence-corrected chi connectivity index (χ1v) is 10.1. The SMILES string of the molecule is NC(=O)c1cccnc1.c1ccc2c(c1)OCCOCCOCCOCCOCCO2. The summed E-state index contributed by atoms with van der Waals surface area (Å²) in [6.07, 6.45) is 3.02. The van der Waals surface area contributed by atoms with E-state index in [4.69, 9.17) is 34.2 Å². The molecule has 0 saturated carbocycles. The van der Waals surface area contributed by atoms with Gasteiger partial charge in [0.05, 0.1) is 58.4 Å². The van der Waals surface area contributed by atoms with Gasteiger partial charge >= 0.3 is 0 Å². The van der Waals surface area contributed by atoms with E-state index in [1.54, 1.807) is 18.3 Å². The quantitative estimate of drug-likeness (QED) is 0.722. The highest BCUT2D eigenvalue weighted by molar-refractivity contribution is 5.92. The van der Waals surface area contributed by atoms with Crippen molar-refractivity contribution in [1.29, 1.82) is 0 Å². The Kier molecular flexibility index (Phi) is 12.7. The molecule has 0 spiro atoms. The van der Waals surface area contributed by atoms with E-state index in [0.717, 1.165) is 0 Å². The van der Waals surface area contributed by atoms with Crippen LogP contribution in [0.4, 0.5) is 0 Å². The van der Waals surface area contributed by atoms with Gasteiger partial charge < -0.3 is 34.2 Å². The largest absolute Gasteiger partial charge is 0.487 e. The lowest BCUT2D eigenvalue weighted by Gasteiger charge is -2.13. The van der Waals surface area contributed by atoms with Crippen LogP contribution in [-0.2, 0) is 18.9 Å². The maximum absolute atomic E-state index is 10.4. The van der Waals surface area contributed by atoms with Crippen molar-refractivity contribution in [3.63, 3.8) is 0 Å². The minimum absolute atomic E-state index is 0.442. The molecular weight excluding hydrogens is 404 g/mol. The third-order valence-electron chi connectivity index (χ3n) is 3.88. The number of hydrogen-bond donors (Lipinski definition) is 1. The maximum atomic E-state index is 10.4. The second-order valence-corrected chi connectivity index (χ2v) is 6.20. The van der Waals surface area contributed by atoms with Gasteiger partial charge in [0.1, 0.15) is 13.2 Å². The Labute approximate surface area is 182 Å². The van der Waals surface area contributed by atoms with E-state index in [1.165, 1.54) is 6.20 Å². The van der Waals surface area contributed by atoms with Gasteiger partial charge in [-0.3, -0.25) is 9.78 Å². The molecule has 0 unspecified atom stereocenters. The predicted octanol–water partition coefficient (Wildman–Crippen LogP) is 1.70. The zero-order valence-corrected chi connectivity index (χ0v) is 17.6. The number of nitrogens with zero attached hydrogens (tertiary/aromatic N) is 1. The van der Waals surface area contributed by atoms with Crippen molar-refractivity contribution in [2.45, 2.75) is 0 Å². The molecule has 1 aliphatic heterocycles. The van der Waals surface area contributed by atoms with Crippen LogP contribution in [0.2, 0.25) is 0 Å². The molecule has 2 N–H and O–H groups in total. The number of hydrogen-bond acceptors (Lipinski definition) is 8. The highest BCUT2D eigenvalue weighted by Gasteiger charge is 2.04. The molecule has 1 aliphatic rings. The minimum Gasteiger partial charge on any atom is -0.487 e. The van der Waals surface area contributed by atoms with Crippen LogP contribution in [0.3, 0.4) is 0 Å². The van der Waals surface area contributed by atoms with E-state index in [-0.39, 0.29) is 0 Å². The first-order valence-electron chi connectivity index (χ1n) is 10.1. The van der Waals surface area contributed by atoms with Gasteiger partial charge in [-0.1, -0.05) is 12.1 Å². The summed E-state index contributed by atoms with van der Waals surface area (Å²) in [6.45, 7) is 5.30. The average molecular weight is 434 g/mol. The van der Waals surface area contributed by atoms with Gasteiger partial charge in [0.2, 0.25) is 5.91 Å². The van der Waals surface area contributed by atoms with E-state index in [9.17, 15) is 4.79 Å². The lowest BCUT2D eigenvalue weighted by Crippen LogP contribution is -2.15. The van der Waals surface area contributed by atoms with Crippen molar-refractivity contribution in [1.82, 2.24) is 4.98 Å². The maximum Gasteiger partial charge on any atom is 0.250 e. The van der Waals surface area contributed by atoms with Gasteiger partial charge in [0, 0.05) is 12.4 Å².